The molecule has 8 heteroatoms. The van der Waals surface area contributed by atoms with Crippen LogP contribution in [-0.2, 0) is 0 Å². The van der Waals surface area contributed by atoms with Crippen LogP contribution >= 0.6 is 0 Å². The SMILES string of the molecule is N#Cc1cc(N=C(N)c2cc(C(=O)NN)ccn2)ccn1. The molecule has 0 aromatic carbocycles. The maximum atomic E-state index is 11.4. The summed E-state index contributed by atoms with van der Waals surface area (Å²) in [5, 5.41) is 8.78. The van der Waals surface area contributed by atoms with Crippen molar-refractivity contribution in [2.45, 2.75) is 0 Å². The van der Waals surface area contributed by atoms with Crippen LogP contribution in [0.4, 0.5) is 5.69 Å². The number of nitrogens with zero attached hydrogens (tertiary/aromatic N) is 4. The molecule has 0 aliphatic rings. The third-order valence-electron chi connectivity index (χ3n) is 2.52. The number of amides is 1. The van der Waals surface area contributed by atoms with E-state index >= 15 is 0 Å². The first-order valence-electron chi connectivity index (χ1n) is 5.81. The van der Waals surface area contributed by atoms with E-state index in [1.54, 1.807) is 6.07 Å². The van der Waals surface area contributed by atoms with Gasteiger partial charge in [0.25, 0.3) is 5.91 Å². The Morgan fingerprint density at radius 2 is 2.05 bits per heavy atom. The first-order valence-corrected chi connectivity index (χ1v) is 5.81. The molecule has 0 spiro atoms. The zero-order valence-electron chi connectivity index (χ0n) is 10.8. The molecule has 0 aliphatic heterocycles. The number of carbonyl (C=O) groups excluding carboxylic acids is 1. The van der Waals surface area contributed by atoms with Gasteiger partial charge in [0.1, 0.15) is 23.3 Å². The lowest BCUT2D eigenvalue weighted by molar-refractivity contribution is 0.0953. The number of nitrogens with one attached hydrogen (secondary N) is 1. The standard InChI is InChI=1S/C13H11N7O/c14-7-10-6-9(2-4-17-10)19-12(15)11-5-8(1-3-18-11)13(21)20-16/h1-6H,16H2,(H,20,21)(H2,15,17,19). The summed E-state index contributed by atoms with van der Waals surface area (Å²) in [7, 11) is 0. The molecule has 0 bridgehead atoms. The number of nitrogens with two attached hydrogens (primary N) is 2. The van der Waals surface area contributed by atoms with Crippen LogP contribution in [-0.4, -0.2) is 21.7 Å². The number of nitriles is 1. The topological polar surface area (TPSA) is 143 Å². The molecule has 0 saturated carbocycles. The first-order chi connectivity index (χ1) is 10.1. The molecule has 0 radical (unpaired) electrons. The number of nitrogen functional groups attached to an aromatic ring is 1. The smallest absolute Gasteiger partial charge is 0.265 e. The van der Waals surface area contributed by atoms with Crippen molar-refractivity contribution in [2.24, 2.45) is 16.6 Å². The Balaban J connectivity index is 2.35. The van der Waals surface area contributed by atoms with Crippen molar-refractivity contribution in [3.05, 3.63) is 53.6 Å². The van der Waals surface area contributed by atoms with Crippen LogP contribution in [0.5, 0.6) is 0 Å². The zero-order chi connectivity index (χ0) is 15.2. The summed E-state index contributed by atoms with van der Waals surface area (Å²) >= 11 is 0. The van der Waals surface area contributed by atoms with Gasteiger partial charge in [0.2, 0.25) is 0 Å². The highest BCUT2D eigenvalue weighted by Gasteiger charge is 2.07. The average Bonchev–Trinajstić information content (AvgIpc) is 2.54. The fourth-order valence-electron chi connectivity index (χ4n) is 1.54. The number of pyridine rings is 2. The van der Waals surface area contributed by atoms with E-state index in [1.165, 1.54) is 30.6 Å². The lowest BCUT2D eigenvalue weighted by atomic mass is 10.2. The van der Waals surface area contributed by atoms with Crippen molar-refractivity contribution in [2.75, 3.05) is 0 Å². The largest absolute Gasteiger partial charge is 0.382 e. The van der Waals surface area contributed by atoms with E-state index in [4.69, 9.17) is 16.8 Å². The fourth-order valence-corrected chi connectivity index (χ4v) is 1.54. The van der Waals surface area contributed by atoms with E-state index in [2.05, 4.69) is 15.0 Å². The molecular formula is C13H11N7O. The summed E-state index contributed by atoms with van der Waals surface area (Å²) in [6.07, 6.45) is 2.88. The monoisotopic (exact) mass is 281 g/mol. The minimum atomic E-state index is -0.456. The number of aliphatic imine (C=N–C) groups is 1. The van der Waals surface area contributed by atoms with Crippen molar-refractivity contribution < 1.29 is 4.79 Å². The van der Waals surface area contributed by atoms with Crippen molar-refractivity contribution in [1.29, 1.82) is 5.26 Å². The molecule has 104 valence electrons. The highest BCUT2D eigenvalue weighted by atomic mass is 16.2. The van der Waals surface area contributed by atoms with E-state index in [0.29, 0.717) is 16.9 Å². The molecule has 1 amide bonds. The van der Waals surface area contributed by atoms with Crippen LogP contribution in [0.25, 0.3) is 0 Å². The molecule has 0 saturated heterocycles. The van der Waals surface area contributed by atoms with Crippen LogP contribution < -0.4 is 17.0 Å². The Kier molecular flexibility index (Phi) is 4.18. The van der Waals surface area contributed by atoms with Crippen LogP contribution in [0.1, 0.15) is 21.7 Å². The highest BCUT2D eigenvalue weighted by molar-refractivity contribution is 6.00. The number of carbonyl (C=O) groups is 1. The Morgan fingerprint density at radius 1 is 1.29 bits per heavy atom. The average molecular weight is 281 g/mol. The summed E-state index contributed by atoms with van der Waals surface area (Å²) < 4.78 is 0. The van der Waals surface area contributed by atoms with E-state index in [-0.39, 0.29) is 11.5 Å². The molecular weight excluding hydrogens is 270 g/mol. The van der Waals surface area contributed by atoms with Crippen LogP contribution in [0, 0.1) is 11.3 Å². The molecule has 5 N–H and O–H groups in total. The highest BCUT2D eigenvalue weighted by Crippen LogP contribution is 2.13. The lowest BCUT2D eigenvalue weighted by Crippen LogP contribution is -2.30. The minimum Gasteiger partial charge on any atom is -0.382 e. The predicted octanol–water partition coefficient (Wildman–Crippen LogP) is -0.0112. The van der Waals surface area contributed by atoms with E-state index < -0.39 is 5.91 Å². The van der Waals surface area contributed by atoms with Gasteiger partial charge in [-0.2, -0.15) is 5.26 Å². The van der Waals surface area contributed by atoms with Crippen LogP contribution in [0.15, 0.2) is 41.7 Å². The molecule has 0 aliphatic carbocycles. The number of aromatic nitrogens is 2. The minimum absolute atomic E-state index is 0.108. The third-order valence-corrected chi connectivity index (χ3v) is 2.52. The molecule has 0 fully saturated rings. The number of hydrazine groups is 1. The van der Waals surface area contributed by atoms with Crippen LogP contribution in [0.2, 0.25) is 0 Å². The number of hydrogen-bond acceptors (Lipinski definition) is 6. The van der Waals surface area contributed by atoms with Crippen molar-refractivity contribution >= 4 is 17.4 Å². The maximum absolute atomic E-state index is 11.4. The predicted molar refractivity (Wildman–Crippen MR) is 75.2 cm³/mol. The van der Waals surface area contributed by atoms with Gasteiger partial charge in [-0.1, -0.05) is 0 Å². The Bertz CT molecular complexity index is 748. The van der Waals surface area contributed by atoms with E-state index in [1.807, 2.05) is 11.5 Å². The second-order valence-electron chi connectivity index (χ2n) is 3.91. The molecule has 21 heavy (non-hydrogen) atoms. The zero-order valence-corrected chi connectivity index (χ0v) is 10.8. The van der Waals surface area contributed by atoms with Gasteiger partial charge in [0.05, 0.1) is 5.69 Å². The molecule has 2 heterocycles. The summed E-state index contributed by atoms with van der Waals surface area (Å²) in [5.41, 5.74) is 9.21. The summed E-state index contributed by atoms with van der Waals surface area (Å²) in [4.78, 5) is 23.5. The van der Waals surface area contributed by atoms with E-state index in [0.717, 1.165) is 0 Å². The van der Waals surface area contributed by atoms with Crippen LogP contribution in [0.3, 0.4) is 0 Å². The van der Waals surface area contributed by atoms with Gasteiger partial charge in [-0.25, -0.2) is 15.8 Å². The van der Waals surface area contributed by atoms with Gasteiger partial charge in [-0.15, -0.1) is 0 Å². The summed E-state index contributed by atoms with van der Waals surface area (Å²) in [5.74, 6) is 4.72. The van der Waals surface area contributed by atoms with Gasteiger partial charge < -0.3 is 5.73 Å². The molecule has 2 aromatic heterocycles. The summed E-state index contributed by atoms with van der Waals surface area (Å²) in [6.45, 7) is 0. The normalized spacial score (nSPS) is 10.8. The second kappa shape index (κ2) is 6.23. The molecule has 0 atom stereocenters. The molecule has 2 rings (SSSR count). The van der Waals surface area contributed by atoms with Gasteiger partial charge in [0, 0.05) is 24.0 Å². The van der Waals surface area contributed by atoms with Crippen molar-refractivity contribution in [3.8, 4) is 6.07 Å². The van der Waals surface area contributed by atoms with Gasteiger partial charge in [0.15, 0.2) is 0 Å². The number of hydrogen-bond donors (Lipinski definition) is 3. The Labute approximate surface area is 120 Å². The first kappa shape index (κ1) is 14.1. The molecule has 2 aromatic rings. The number of rotatable bonds is 3. The summed E-state index contributed by atoms with van der Waals surface area (Å²) in [6, 6.07) is 7.96. The quantitative estimate of drug-likeness (QED) is 0.237. The Morgan fingerprint density at radius 3 is 2.76 bits per heavy atom. The number of amidine groups is 1. The van der Waals surface area contributed by atoms with Gasteiger partial charge in [-0.05, 0) is 18.2 Å². The molecule has 8 nitrogen and oxygen atoms in total. The van der Waals surface area contributed by atoms with Gasteiger partial charge in [-0.3, -0.25) is 15.2 Å². The van der Waals surface area contributed by atoms with E-state index in [9.17, 15) is 4.79 Å². The second-order valence-corrected chi connectivity index (χ2v) is 3.91. The maximum Gasteiger partial charge on any atom is 0.265 e. The third kappa shape index (κ3) is 3.37. The van der Waals surface area contributed by atoms with Crippen molar-refractivity contribution in [1.82, 2.24) is 15.4 Å². The van der Waals surface area contributed by atoms with Gasteiger partial charge >= 0.3 is 0 Å². The fraction of sp³-hybridized carbons (Fsp3) is 0. The van der Waals surface area contributed by atoms with Crippen molar-refractivity contribution in [3.63, 3.8) is 0 Å². The lowest BCUT2D eigenvalue weighted by Gasteiger charge is -2.03. The Hall–Kier alpha value is -3.31. The molecule has 0 unspecified atom stereocenters.